The summed E-state index contributed by atoms with van der Waals surface area (Å²) < 4.78 is 8.15. The fraction of sp³-hybridized carbons (Fsp3) is 0.111. The maximum absolute atomic E-state index is 12.2. The van der Waals surface area contributed by atoms with E-state index in [0.29, 0.717) is 10.8 Å². The highest BCUT2D eigenvalue weighted by molar-refractivity contribution is 9.10. The quantitative estimate of drug-likeness (QED) is 0.598. The molecule has 0 fully saturated rings. The van der Waals surface area contributed by atoms with Gasteiger partial charge in [-0.15, -0.1) is 0 Å². The number of anilines is 1. The third-order valence-electron chi connectivity index (χ3n) is 3.60. The van der Waals surface area contributed by atoms with Crippen molar-refractivity contribution in [1.29, 1.82) is 0 Å². The van der Waals surface area contributed by atoms with Crippen molar-refractivity contribution in [3.63, 3.8) is 0 Å². The molecule has 1 atom stereocenters. The fourth-order valence-electron chi connectivity index (χ4n) is 2.36. The molecule has 3 rings (SSSR count). The molecule has 0 saturated heterocycles. The molecule has 7 heteroatoms. The predicted octanol–water partition coefficient (Wildman–Crippen LogP) is 5.60. The fourth-order valence-corrected chi connectivity index (χ4v) is 2.91. The number of hydrogen-bond acceptors (Lipinski definition) is 3. The minimum atomic E-state index is -0.578. The van der Waals surface area contributed by atoms with Crippen molar-refractivity contribution in [2.75, 3.05) is 5.32 Å². The zero-order valence-corrected chi connectivity index (χ0v) is 15.7. The molecule has 0 unspecified atom stereocenters. The van der Waals surface area contributed by atoms with Crippen LogP contribution in [0.2, 0.25) is 5.02 Å². The Hall–Kier alpha value is -2.31. The van der Waals surface area contributed by atoms with Gasteiger partial charge in [-0.2, -0.15) is 0 Å². The van der Waals surface area contributed by atoms with E-state index in [4.69, 9.17) is 16.3 Å². The van der Waals surface area contributed by atoms with Crippen LogP contribution in [0.15, 0.2) is 65.5 Å². The second-order valence-corrected chi connectivity index (χ2v) is 6.64. The summed E-state index contributed by atoms with van der Waals surface area (Å²) in [6.45, 7) is 1.77. The van der Waals surface area contributed by atoms with Crippen LogP contribution in [0.5, 0.6) is 0 Å². The van der Waals surface area contributed by atoms with Gasteiger partial charge in [0, 0.05) is 20.7 Å². The topological polar surface area (TPSA) is 56.1 Å². The summed E-state index contributed by atoms with van der Waals surface area (Å²) in [5, 5.41) is 3.27. The number of carbonyl (C=O) groups is 1. The molecule has 25 heavy (non-hydrogen) atoms. The Morgan fingerprint density at radius 3 is 2.68 bits per heavy atom. The van der Waals surface area contributed by atoms with Gasteiger partial charge in [0.2, 0.25) is 0 Å². The van der Waals surface area contributed by atoms with Crippen LogP contribution in [0.4, 0.5) is 10.6 Å². The normalized spacial score (nSPS) is 11.8. The highest BCUT2D eigenvalue weighted by Gasteiger charge is 2.16. The number of amides is 1. The molecule has 0 saturated carbocycles. The van der Waals surface area contributed by atoms with Gasteiger partial charge in [-0.3, -0.25) is 9.88 Å². The number of imidazole rings is 1. The first-order valence-corrected chi connectivity index (χ1v) is 8.72. The van der Waals surface area contributed by atoms with Gasteiger partial charge in [0.25, 0.3) is 0 Å². The van der Waals surface area contributed by atoms with Crippen molar-refractivity contribution in [3.05, 3.63) is 76.1 Å². The number of rotatable bonds is 4. The van der Waals surface area contributed by atoms with Gasteiger partial charge >= 0.3 is 6.09 Å². The summed E-state index contributed by atoms with van der Waals surface area (Å²) >= 11 is 9.53. The molecule has 0 aliphatic rings. The molecule has 0 aliphatic heterocycles. The Morgan fingerprint density at radius 1 is 1.24 bits per heavy atom. The van der Waals surface area contributed by atoms with E-state index in [1.807, 2.05) is 42.5 Å². The Bertz CT molecular complexity index is 880. The average Bonchev–Trinajstić information content (AvgIpc) is 3.03. The molecule has 1 amide bonds. The zero-order chi connectivity index (χ0) is 17.8. The van der Waals surface area contributed by atoms with E-state index in [2.05, 4.69) is 26.2 Å². The SMILES string of the molecule is C[C@@H](OC(=O)Nc1cncn1-c1ccc(Br)cc1)c1ccccc1Cl. The van der Waals surface area contributed by atoms with Gasteiger partial charge < -0.3 is 4.74 Å². The molecule has 0 aliphatic carbocycles. The highest BCUT2D eigenvalue weighted by atomic mass is 79.9. The third-order valence-corrected chi connectivity index (χ3v) is 4.47. The standard InChI is InChI=1S/C18H15BrClN3O2/c1-12(15-4-2-3-5-16(15)20)25-18(24)22-17-10-21-11-23(17)14-8-6-13(19)7-9-14/h2-12H,1H3,(H,22,24)/t12-/m1/s1. The van der Waals surface area contributed by atoms with Crippen LogP contribution in [0, 0.1) is 0 Å². The largest absolute Gasteiger partial charge is 0.441 e. The predicted molar refractivity (Wildman–Crippen MR) is 101 cm³/mol. The Kier molecular flexibility index (Phi) is 5.40. The molecule has 3 aromatic rings. The number of benzene rings is 2. The summed E-state index contributed by atoms with van der Waals surface area (Å²) in [5.41, 5.74) is 1.62. The average molecular weight is 421 g/mol. The van der Waals surface area contributed by atoms with Crippen molar-refractivity contribution in [2.45, 2.75) is 13.0 Å². The molecule has 1 N–H and O–H groups in total. The van der Waals surface area contributed by atoms with Gasteiger partial charge in [0.15, 0.2) is 0 Å². The van der Waals surface area contributed by atoms with Gasteiger partial charge in [-0.25, -0.2) is 9.78 Å². The summed E-state index contributed by atoms with van der Waals surface area (Å²) in [4.78, 5) is 16.3. The van der Waals surface area contributed by atoms with E-state index in [1.165, 1.54) is 0 Å². The maximum atomic E-state index is 12.2. The summed E-state index contributed by atoms with van der Waals surface area (Å²) in [6, 6.07) is 14.9. The van der Waals surface area contributed by atoms with Crippen LogP contribution in [0.25, 0.3) is 5.69 Å². The number of halogens is 2. The van der Waals surface area contributed by atoms with Crippen molar-refractivity contribution in [1.82, 2.24) is 9.55 Å². The molecular formula is C18H15BrClN3O2. The summed E-state index contributed by atoms with van der Waals surface area (Å²) in [5.74, 6) is 0.513. The van der Waals surface area contributed by atoms with E-state index in [-0.39, 0.29) is 0 Å². The van der Waals surface area contributed by atoms with E-state index in [9.17, 15) is 4.79 Å². The summed E-state index contributed by atoms with van der Waals surface area (Å²) in [6.07, 6.45) is 2.13. The van der Waals surface area contributed by atoms with Crippen LogP contribution in [0.3, 0.4) is 0 Å². The number of ether oxygens (including phenoxy) is 1. The van der Waals surface area contributed by atoms with Gasteiger partial charge in [0.05, 0.1) is 6.20 Å². The van der Waals surface area contributed by atoms with Crippen LogP contribution in [0.1, 0.15) is 18.6 Å². The van der Waals surface area contributed by atoms with Gasteiger partial charge in [-0.05, 0) is 37.3 Å². The Morgan fingerprint density at radius 2 is 1.96 bits per heavy atom. The third kappa shape index (κ3) is 4.21. The minimum Gasteiger partial charge on any atom is -0.441 e. The first-order chi connectivity index (χ1) is 12.0. The van der Waals surface area contributed by atoms with E-state index in [0.717, 1.165) is 15.7 Å². The molecule has 1 heterocycles. The number of nitrogens with one attached hydrogen (secondary N) is 1. The first kappa shape index (κ1) is 17.5. The lowest BCUT2D eigenvalue weighted by molar-refractivity contribution is 0.121. The second-order valence-electron chi connectivity index (χ2n) is 5.32. The van der Waals surface area contributed by atoms with E-state index < -0.39 is 12.2 Å². The molecule has 0 radical (unpaired) electrons. The Balaban J connectivity index is 1.71. The van der Waals surface area contributed by atoms with Crippen LogP contribution < -0.4 is 5.32 Å². The van der Waals surface area contributed by atoms with E-state index >= 15 is 0 Å². The Labute approximate surface area is 158 Å². The molecule has 0 bridgehead atoms. The van der Waals surface area contributed by atoms with E-state index in [1.54, 1.807) is 30.1 Å². The molecule has 2 aromatic carbocycles. The molecule has 5 nitrogen and oxygen atoms in total. The maximum Gasteiger partial charge on any atom is 0.413 e. The van der Waals surface area contributed by atoms with Crippen molar-refractivity contribution in [2.24, 2.45) is 0 Å². The van der Waals surface area contributed by atoms with Crippen LogP contribution >= 0.6 is 27.5 Å². The lowest BCUT2D eigenvalue weighted by Gasteiger charge is -2.16. The second kappa shape index (κ2) is 7.72. The number of aromatic nitrogens is 2. The van der Waals surface area contributed by atoms with Crippen LogP contribution in [-0.2, 0) is 4.74 Å². The molecule has 0 spiro atoms. The van der Waals surface area contributed by atoms with Gasteiger partial charge in [-0.1, -0.05) is 45.7 Å². The van der Waals surface area contributed by atoms with Gasteiger partial charge in [0.1, 0.15) is 18.2 Å². The molecule has 128 valence electrons. The number of nitrogens with zero attached hydrogens (tertiary/aromatic N) is 2. The summed E-state index contributed by atoms with van der Waals surface area (Å²) in [7, 11) is 0. The van der Waals surface area contributed by atoms with Crippen LogP contribution in [-0.4, -0.2) is 15.6 Å². The van der Waals surface area contributed by atoms with Crippen molar-refractivity contribution >= 4 is 39.4 Å². The lowest BCUT2D eigenvalue weighted by Crippen LogP contribution is -2.18. The lowest BCUT2D eigenvalue weighted by atomic mass is 10.1. The van der Waals surface area contributed by atoms with Crippen molar-refractivity contribution in [3.8, 4) is 5.69 Å². The minimum absolute atomic E-state index is 0.474. The monoisotopic (exact) mass is 419 g/mol. The smallest absolute Gasteiger partial charge is 0.413 e. The number of hydrogen-bond donors (Lipinski definition) is 1. The molecule has 1 aromatic heterocycles. The highest BCUT2D eigenvalue weighted by Crippen LogP contribution is 2.25. The zero-order valence-electron chi connectivity index (χ0n) is 13.3. The first-order valence-electron chi connectivity index (χ1n) is 7.55. The molecular weight excluding hydrogens is 406 g/mol. The number of carbonyl (C=O) groups excluding carboxylic acids is 1. The van der Waals surface area contributed by atoms with Crippen molar-refractivity contribution < 1.29 is 9.53 Å².